The minimum Gasteiger partial charge on any atom is -0.497 e. The monoisotopic (exact) mass is 477 g/mol. The molecule has 1 atom stereocenters. The predicted octanol–water partition coefficient (Wildman–Crippen LogP) is 4.72. The number of aromatic nitrogens is 2. The molecule has 0 aliphatic heterocycles. The van der Waals surface area contributed by atoms with Crippen molar-refractivity contribution < 1.29 is 9.84 Å². The van der Waals surface area contributed by atoms with E-state index >= 15 is 0 Å². The van der Waals surface area contributed by atoms with E-state index in [0.29, 0.717) is 41.5 Å². The van der Waals surface area contributed by atoms with Crippen LogP contribution in [0.2, 0.25) is 0 Å². The number of aliphatic hydroxyl groups excluding tert-OH is 1. The maximum atomic E-state index is 13.1. The van der Waals surface area contributed by atoms with Crippen molar-refractivity contribution in [3.63, 3.8) is 0 Å². The fourth-order valence-corrected chi connectivity index (χ4v) is 5.22. The Hall–Kier alpha value is -3.00. The Morgan fingerprint density at radius 2 is 1.91 bits per heavy atom. The van der Waals surface area contributed by atoms with E-state index in [4.69, 9.17) is 9.72 Å². The molecule has 0 bridgehead atoms. The quantitative estimate of drug-likeness (QED) is 0.346. The van der Waals surface area contributed by atoms with Gasteiger partial charge in [0.15, 0.2) is 0 Å². The van der Waals surface area contributed by atoms with Crippen molar-refractivity contribution in [1.82, 2.24) is 14.9 Å². The van der Waals surface area contributed by atoms with Crippen LogP contribution in [0.4, 0.5) is 0 Å². The summed E-state index contributed by atoms with van der Waals surface area (Å²) in [6, 6.07) is 17.7. The lowest BCUT2D eigenvalue weighted by Crippen LogP contribution is -2.36. The molecule has 1 unspecified atom stereocenters. The van der Waals surface area contributed by atoms with Crippen LogP contribution in [0.1, 0.15) is 25.2 Å². The number of rotatable bonds is 10. The third-order valence-electron chi connectivity index (χ3n) is 5.65. The lowest BCUT2D eigenvalue weighted by atomic mass is 10.1. The maximum Gasteiger partial charge on any atom is 0.260 e. The zero-order chi connectivity index (χ0) is 24.1. The summed E-state index contributed by atoms with van der Waals surface area (Å²) < 4.78 is 5.33. The lowest BCUT2D eigenvalue weighted by Gasteiger charge is -2.26. The Morgan fingerprint density at radius 1 is 1.12 bits per heavy atom. The number of hydrogen-bond acceptors (Lipinski definition) is 6. The summed E-state index contributed by atoms with van der Waals surface area (Å²) in [4.78, 5) is 23.7. The van der Waals surface area contributed by atoms with Gasteiger partial charge in [0.05, 0.1) is 25.1 Å². The van der Waals surface area contributed by atoms with Gasteiger partial charge in [-0.15, -0.1) is 11.3 Å². The fraction of sp³-hybridized carbons (Fsp3) is 0.333. The fourth-order valence-electron chi connectivity index (χ4n) is 4.25. The molecule has 4 rings (SSSR count). The van der Waals surface area contributed by atoms with E-state index in [1.807, 2.05) is 60.0 Å². The summed E-state index contributed by atoms with van der Waals surface area (Å²) in [5, 5.41) is 13.3. The molecule has 0 fully saturated rings. The Kier molecular flexibility index (Phi) is 7.77. The van der Waals surface area contributed by atoms with Gasteiger partial charge in [0.25, 0.3) is 5.56 Å². The van der Waals surface area contributed by atoms with Gasteiger partial charge in [-0.2, -0.15) is 0 Å². The first-order valence-corrected chi connectivity index (χ1v) is 12.4. The van der Waals surface area contributed by atoms with E-state index in [-0.39, 0.29) is 5.56 Å². The summed E-state index contributed by atoms with van der Waals surface area (Å²) in [6.07, 6.45) is 0.0887. The summed E-state index contributed by atoms with van der Waals surface area (Å²) in [5.41, 5.74) is 2.75. The Labute approximate surface area is 203 Å². The maximum absolute atomic E-state index is 13.1. The molecule has 34 heavy (non-hydrogen) atoms. The summed E-state index contributed by atoms with van der Waals surface area (Å²) in [5.74, 6) is 1.78. The second-order valence-electron chi connectivity index (χ2n) is 9.01. The van der Waals surface area contributed by atoms with E-state index in [1.54, 1.807) is 7.11 Å². The van der Waals surface area contributed by atoms with Crippen molar-refractivity contribution >= 4 is 21.6 Å². The van der Waals surface area contributed by atoms with E-state index < -0.39 is 6.10 Å². The van der Waals surface area contributed by atoms with Crippen LogP contribution < -0.4 is 10.3 Å². The highest BCUT2D eigenvalue weighted by Gasteiger charge is 2.18. The first-order valence-electron chi connectivity index (χ1n) is 11.5. The second-order valence-corrected chi connectivity index (χ2v) is 9.86. The van der Waals surface area contributed by atoms with Crippen molar-refractivity contribution in [3.05, 3.63) is 81.7 Å². The van der Waals surface area contributed by atoms with Gasteiger partial charge in [-0.25, -0.2) is 4.98 Å². The standard InChI is InChI=1S/C27H31N3O3S/c1-18(2)14-30(15-21(31)12-19-8-5-4-6-9-19)16-24-28-26(32)25-23(17-34-27(25)29-24)20-10-7-11-22(13-20)33-3/h4-11,13,17-18,21,31H,12,14-16H2,1-3H3,(H,28,29,32). The number of aliphatic hydroxyl groups is 1. The highest BCUT2D eigenvalue weighted by Crippen LogP contribution is 2.32. The molecule has 178 valence electrons. The lowest BCUT2D eigenvalue weighted by molar-refractivity contribution is 0.100. The van der Waals surface area contributed by atoms with Crippen molar-refractivity contribution in [2.24, 2.45) is 5.92 Å². The molecule has 0 saturated carbocycles. The molecule has 0 aliphatic carbocycles. The van der Waals surface area contributed by atoms with E-state index in [2.05, 4.69) is 23.7 Å². The minimum absolute atomic E-state index is 0.145. The van der Waals surface area contributed by atoms with E-state index in [9.17, 15) is 9.90 Å². The smallest absolute Gasteiger partial charge is 0.260 e. The predicted molar refractivity (Wildman–Crippen MR) is 138 cm³/mol. The highest BCUT2D eigenvalue weighted by atomic mass is 32.1. The van der Waals surface area contributed by atoms with Gasteiger partial charge in [0, 0.05) is 24.0 Å². The first kappa shape index (κ1) is 24.1. The average molecular weight is 478 g/mol. The molecular weight excluding hydrogens is 446 g/mol. The zero-order valence-electron chi connectivity index (χ0n) is 19.8. The van der Waals surface area contributed by atoms with Crippen LogP contribution in [0.25, 0.3) is 21.3 Å². The van der Waals surface area contributed by atoms with Crippen molar-refractivity contribution in [3.8, 4) is 16.9 Å². The van der Waals surface area contributed by atoms with E-state index in [0.717, 1.165) is 29.0 Å². The van der Waals surface area contributed by atoms with Crippen molar-refractivity contribution in [2.45, 2.75) is 32.9 Å². The van der Waals surface area contributed by atoms with E-state index in [1.165, 1.54) is 11.3 Å². The molecule has 0 saturated heterocycles. The number of ether oxygens (including phenoxy) is 1. The van der Waals surface area contributed by atoms with Gasteiger partial charge in [0.2, 0.25) is 0 Å². The van der Waals surface area contributed by atoms with Gasteiger partial charge < -0.3 is 14.8 Å². The summed E-state index contributed by atoms with van der Waals surface area (Å²) in [7, 11) is 1.63. The van der Waals surface area contributed by atoms with Gasteiger partial charge in [-0.3, -0.25) is 9.69 Å². The summed E-state index contributed by atoms with van der Waals surface area (Å²) in [6.45, 7) is 6.08. The second kappa shape index (κ2) is 11.0. The van der Waals surface area contributed by atoms with Gasteiger partial charge >= 0.3 is 0 Å². The van der Waals surface area contributed by atoms with Crippen molar-refractivity contribution in [1.29, 1.82) is 0 Å². The number of hydrogen-bond donors (Lipinski definition) is 2. The molecule has 6 nitrogen and oxygen atoms in total. The topological polar surface area (TPSA) is 78.5 Å². The molecule has 0 aliphatic rings. The number of thiophene rings is 1. The largest absolute Gasteiger partial charge is 0.497 e. The molecule has 0 amide bonds. The summed E-state index contributed by atoms with van der Waals surface area (Å²) >= 11 is 1.47. The molecule has 2 aromatic heterocycles. The SMILES string of the molecule is COc1cccc(-c2csc3nc(CN(CC(C)C)CC(O)Cc4ccccc4)[nH]c(=O)c23)c1. The van der Waals surface area contributed by atoms with Crippen LogP contribution in [0, 0.1) is 5.92 Å². The molecule has 2 aromatic carbocycles. The number of fused-ring (bicyclic) bond motifs is 1. The van der Waals surface area contributed by atoms with Crippen LogP contribution in [-0.4, -0.2) is 46.3 Å². The minimum atomic E-state index is -0.502. The molecule has 2 heterocycles. The normalized spacial score (nSPS) is 12.5. The van der Waals surface area contributed by atoms with Gasteiger partial charge in [-0.05, 0) is 35.6 Å². The number of methoxy groups -OCH3 is 1. The van der Waals surface area contributed by atoms with Crippen LogP contribution >= 0.6 is 11.3 Å². The number of aromatic amines is 1. The molecule has 4 aromatic rings. The number of nitrogens with one attached hydrogen (secondary N) is 1. The number of benzene rings is 2. The first-order chi connectivity index (χ1) is 16.4. The van der Waals surface area contributed by atoms with Crippen LogP contribution in [-0.2, 0) is 13.0 Å². The Morgan fingerprint density at radius 3 is 2.65 bits per heavy atom. The molecular formula is C27H31N3O3S. The Bertz CT molecular complexity index is 1280. The third kappa shape index (κ3) is 5.91. The number of nitrogens with zero attached hydrogens (tertiary/aromatic N) is 2. The van der Waals surface area contributed by atoms with Crippen LogP contribution in [0.15, 0.2) is 64.8 Å². The van der Waals surface area contributed by atoms with Gasteiger partial charge in [-0.1, -0.05) is 56.3 Å². The highest BCUT2D eigenvalue weighted by molar-refractivity contribution is 7.17. The average Bonchev–Trinajstić information content (AvgIpc) is 3.24. The third-order valence-corrected chi connectivity index (χ3v) is 6.53. The number of H-pyrrole nitrogens is 1. The molecule has 0 radical (unpaired) electrons. The molecule has 7 heteroatoms. The van der Waals surface area contributed by atoms with Crippen LogP contribution in [0.5, 0.6) is 5.75 Å². The van der Waals surface area contributed by atoms with Crippen LogP contribution in [0.3, 0.4) is 0 Å². The molecule has 0 spiro atoms. The molecule has 2 N–H and O–H groups in total. The van der Waals surface area contributed by atoms with Gasteiger partial charge in [0.1, 0.15) is 16.4 Å². The zero-order valence-corrected chi connectivity index (χ0v) is 20.6. The van der Waals surface area contributed by atoms with Crippen molar-refractivity contribution in [2.75, 3.05) is 20.2 Å². The Balaban J connectivity index is 1.55.